The van der Waals surface area contributed by atoms with Crippen LogP contribution < -0.4 is 0 Å². The molecule has 0 unspecified atom stereocenters. The van der Waals surface area contributed by atoms with Gasteiger partial charge in [0.05, 0.1) is 17.1 Å². The fraction of sp³-hybridized carbons (Fsp3) is 0. The van der Waals surface area contributed by atoms with Gasteiger partial charge in [0, 0.05) is 17.1 Å². The molecule has 7 aromatic rings. The normalized spacial score (nSPS) is 11.1. The van der Waals surface area contributed by atoms with E-state index in [0.29, 0.717) is 5.56 Å². The molecule has 0 N–H and O–H groups in total. The Labute approximate surface area is 220 Å². The predicted octanol–water partition coefficient (Wildman–Crippen LogP) is 8.81. The maximum Gasteiger partial charge on any atom is 0.160 e. The zero-order valence-electron chi connectivity index (χ0n) is 20.5. The average Bonchev–Trinajstić information content (AvgIpc) is 2.99. The number of nitriles is 1. The summed E-state index contributed by atoms with van der Waals surface area (Å²) in [5.41, 5.74) is 7.04. The van der Waals surface area contributed by atoms with Gasteiger partial charge in [-0.05, 0) is 86.3 Å². The summed E-state index contributed by atoms with van der Waals surface area (Å²) in [5, 5.41) is 14.8. The highest BCUT2D eigenvalue weighted by Gasteiger charge is 2.14. The molecule has 0 atom stereocenters. The summed E-state index contributed by atoms with van der Waals surface area (Å²) in [7, 11) is 0. The van der Waals surface area contributed by atoms with E-state index in [2.05, 4.69) is 78.9 Å². The van der Waals surface area contributed by atoms with E-state index < -0.39 is 0 Å². The molecule has 0 aliphatic carbocycles. The molecule has 0 spiro atoms. The van der Waals surface area contributed by atoms with Crippen LogP contribution in [0.25, 0.3) is 66.1 Å². The summed E-state index contributed by atoms with van der Waals surface area (Å²) in [5.74, 6) is 0.718. The fourth-order valence-corrected chi connectivity index (χ4v) is 5.10. The van der Waals surface area contributed by atoms with Crippen LogP contribution in [-0.4, -0.2) is 9.97 Å². The molecule has 1 aromatic heterocycles. The van der Waals surface area contributed by atoms with Gasteiger partial charge in [0.25, 0.3) is 0 Å². The zero-order chi connectivity index (χ0) is 25.5. The molecule has 176 valence electrons. The molecule has 1 heterocycles. The van der Waals surface area contributed by atoms with Crippen LogP contribution in [0.2, 0.25) is 0 Å². The third-order valence-corrected chi connectivity index (χ3v) is 7.11. The van der Waals surface area contributed by atoms with E-state index in [1.54, 1.807) is 0 Å². The minimum Gasteiger partial charge on any atom is -0.236 e. The van der Waals surface area contributed by atoms with Crippen molar-refractivity contribution in [3.63, 3.8) is 0 Å². The Balaban J connectivity index is 1.41. The Kier molecular flexibility index (Phi) is 5.17. The summed E-state index contributed by atoms with van der Waals surface area (Å²) in [4.78, 5) is 9.70. The van der Waals surface area contributed by atoms with Crippen molar-refractivity contribution in [2.45, 2.75) is 0 Å². The molecule has 0 saturated carbocycles. The maximum atomic E-state index is 9.14. The topological polar surface area (TPSA) is 49.6 Å². The number of rotatable bonds is 3. The van der Waals surface area contributed by atoms with Gasteiger partial charge >= 0.3 is 0 Å². The van der Waals surface area contributed by atoms with Crippen LogP contribution in [0.5, 0.6) is 0 Å². The van der Waals surface area contributed by atoms with Gasteiger partial charge < -0.3 is 0 Å². The molecule has 7 rings (SSSR count). The van der Waals surface area contributed by atoms with Gasteiger partial charge in [0.2, 0.25) is 0 Å². The molecule has 3 nitrogen and oxygen atoms in total. The van der Waals surface area contributed by atoms with E-state index in [0.717, 1.165) is 55.3 Å². The predicted molar refractivity (Wildman–Crippen MR) is 156 cm³/mol. The fourth-order valence-electron chi connectivity index (χ4n) is 5.10. The van der Waals surface area contributed by atoms with Gasteiger partial charge in [0.1, 0.15) is 0 Å². The Morgan fingerprint density at radius 1 is 0.500 bits per heavy atom. The van der Waals surface area contributed by atoms with Crippen molar-refractivity contribution in [1.29, 1.82) is 5.26 Å². The van der Waals surface area contributed by atoms with Crippen LogP contribution in [0.15, 0.2) is 128 Å². The number of hydrogen-bond donors (Lipinski definition) is 0. The lowest BCUT2D eigenvalue weighted by molar-refractivity contribution is 1.23. The summed E-state index contributed by atoms with van der Waals surface area (Å²) >= 11 is 0. The lowest BCUT2D eigenvalue weighted by Crippen LogP contribution is -1.93. The first-order valence-electron chi connectivity index (χ1n) is 12.5. The Morgan fingerprint density at radius 3 is 1.89 bits per heavy atom. The first-order chi connectivity index (χ1) is 18.7. The lowest BCUT2D eigenvalue weighted by atomic mass is 9.92. The van der Waals surface area contributed by atoms with Gasteiger partial charge in [-0.1, -0.05) is 78.9 Å². The Bertz CT molecular complexity index is 2030. The number of nitrogens with zero attached hydrogens (tertiary/aromatic N) is 3. The monoisotopic (exact) mass is 483 g/mol. The smallest absolute Gasteiger partial charge is 0.160 e. The van der Waals surface area contributed by atoms with Crippen molar-refractivity contribution in [3.8, 4) is 39.7 Å². The van der Waals surface area contributed by atoms with Crippen molar-refractivity contribution >= 4 is 32.4 Å². The summed E-state index contributed by atoms with van der Waals surface area (Å²) < 4.78 is 0. The molecule has 0 aliphatic heterocycles. The van der Waals surface area contributed by atoms with Crippen molar-refractivity contribution in [1.82, 2.24) is 9.97 Å². The van der Waals surface area contributed by atoms with E-state index in [9.17, 15) is 0 Å². The van der Waals surface area contributed by atoms with Crippen LogP contribution in [0.4, 0.5) is 0 Å². The summed E-state index contributed by atoms with van der Waals surface area (Å²) in [6.45, 7) is 0. The first-order valence-corrected chi connectivity index (χ1v) is 12.5. The summed E-state index contributed by atoms with van der Waals surface area (Å²) in [6.07, 6.45) is 1.90. The third kappa shape index (κ3) is 3.86. The number of hydrogen-bond acceptors (Lipinski definition) is 3. The van der Waals surface area contributed by atoms with Crippen molar-refractivity contribution in [3.05, 3.63) is 133 Å². The Morgan fingerprint density at radius 2 is 1.13 bits per heavy atom. The maximum absolute atomic E-state index is 9.14. The second-order valence-corrected chi connectivity index (χ2v) is 9.46. The summed E-state index contributed by atoms with van der Waals surface area (Å²) in [6, 6.07) is 44.0. The molecule has 6 aromatic carbocycles. The van der Waals surface area contributed by atoms with E-state index in [1.807, 2.05) is 54.7 Å². The highest BCUT2D eigenvalue weighted by atomic mass is 14.9. The molecule has 0 amide bonds. The van der Waals surface area contributed by atoms with Crippen LogP contribution in [0.3, 0.4) is 0 Å². The molecule has 0 saturated heterocycles. The van der Waals surface area contributed by atoms with Crippen LogP contribution in [-0.2, 0) is 0 Å². The standard InChI is InChI=1S/C35H21N3/c36-21-23-9-11-24(12-10-23)28-15-13-25-14-16-29(18-31(25)17-28)32-19-26-5-1-2-6-27(26)20-33(32)35-37-22-30-7-3-4-8-34(30)38-35/h1-20,22H. The largest absolute Gasteiger partial charge is 0.236 e. The van der Waals surface area contributed by atoms with Crippen molar-refractivity contribution < 1.29 is 0 Å². The average molecular weight is 484 g/mol. The molecule has 38 heavy (non-hydrogen) atoms. The van der Waals surface area contributed by atoms with E-state index >= 15 is 0 Å². The van der Waals surface area contributed by atoms with Gasteiger partial charge in [-0.15, -0.1) is 0 Å². The Hall–Kier alpha value is -5.33. The zero-order valence-corrected chi connectivity index (χ0v) is 20.5. The quantitative estimate of drug-likeness (QED) is 0.252. The molecule has 0 bridgehead atoms. The van der Waals surface area contributed by atoms with E-state index in [-0.39, 0.29) is 0 Å². The number of benzene rings is 6. The molecule has 3 heteroatoms. The van der Waals surface area contributed by atoms with Crippen molar-refractivity contribution in [2.24, 2.45) is 0 Å². The van der Waals surface area contributed by atoms with Gasteiger partial charge in [-0.2, -0.15) is 5.26 Å². The molecular formula is C35H21N3. The van der Waals surface area contributed by atoms with Gasteiger partial charge in [-0.3, -0.25) is 0 Å². The van der Waals surface area contributed by atoms with Crippen LogP contribution in [0, 0.1) is 11.3 Å². The van der Waals surface area contributed by atoms with E-state index in [1.165, 1.54) is 10.8 Å². The second-order valence-electron chi connectivity index (χ2n) is 9.46. The van der Waals surface area contributed by atoms with Gasteiger partial charge in [-0.25, -0.2) is 9.97 Å². The van der Waals surface area contributed by atoms with Crippen LogP contribution in [0.1, 0.15) is 5.56 Å². The SMILES string of the molecule is N#Cc1ccc(-c2ccc3ccc(-c4cc5ccccc5cc4-c4ncc5ccccc5n4)cc3c2)cc1. The second kappa shape index (κ2) is 8.96. The highest BCUT2D eigenvalue weighted by Crippen LogP contribution is 2.36. The minimum absolute atomic E-state index is 0.663. The van der Waals surface area contributed by atoms with Gasteiger partial charge in [0.15, 0.2) is 5.82 Å². The molecule has 0 aliphatic rings. The third-order valence-electron chi connectivity index (χ3n) is 7.11. The molecule has 0 radical (unpaired) electrons. The first kappa shape index (κ1) is 21.9. The number of fused-ring (bicyclic) bond motifs is 3. The van der Waals surface area contributed by atoms with Crippen molar-refractivity contribution in [2.75, 3.05) is 0 Å². The molecular weight excluding hydrogens is 462 g/mol. The lowest BCUT2D eigenvalue weighted by Gasteiger charge is -2.13. The number of aromatic nitrogens is 2. The number of para-hydroxylation sites is 1. The molecule has 0 fully saturated rings. The van der Waals surface area contributed by atoms with E-state index in [4.69, 9.17) is 15.2 Å². The van der Waals surface area contributed by atoms with Crippen LogP contribution >= 0.6 is 0 Å². The minimum atomic E-state index is 0.663. The highest BCUT2D eigenvalue weighted by molar-refractivity contribution is 5.98.